The van der Waals surface area contributed by atoms with Crippen molar-refractivity contribution in [3.8, 4) is 5.75 Å². The van der Waals surface area contributed by atoms with Crippen LogP contribution in [0.1, 0.15) is 11.3 Å². The Morgan fingerprint density at radius 3 is 2.73 bits per heavy atom. The number of aromatic nitrogens is 1. The van der Waals surface area contributed by atoms with Crippen molar-refractivity contribution in [2.24, 2.45) is 0 Å². The van der Waals surface area contributed by atoms with Crippen LogP contribution in [0.15, 0.2) is 34.0 Å². The second kappa shape index (κ2) is 8.90. The molecule has 0 aliphatic heterocycles. The normalized spacial score (nSPS) is 11.2. The summed E-state index contributed by atoms with van der Waals surface area (Å²) in [6, 6.07) is 5.54. The van der Waals surface area contributed by atoms with Crippen molar-refractivity contribution in [3.05, 3.63) is 40.9 Å². The molecule has 0 fully saturated rings. The highest BCUT2D eigenvalue weighted by Crippen LogP contribution is 2.26. The van der Waals surface area contributed by atoms with Gasteiger partial charge < -0.3 is 15.2 Å². The topological polar surface area (TPSA) is 88.5 Å². The first-order chi connectivity index (χ1) is 12.2. The fourth-order valence-electron chi connectivity index (χ4n) is 1.84. The first-order valence-corrected chi connectivity index (χ1v) is 8.99. The predicted molar refractivity (Wildman–Crippen MR) is 89.1 cm³/mol. The number of thiazole rings is 1. The fraction of sp³-hybridized carbons (Fsp3) is 0.267. The van der Waals surface area contributed by atoms with Crippen LogP contribution < -0.4 is 10.1 Å². The quantitative estimate of drug-likeness (QED) is 0.655. The SMILES string of the molecule is O=C(O)Cc1csc(SCC(=O)NCc2ccccc2OC(F)(F)F)n1. The Bertz CT molecular complexity index is 780. The van der Waals surface area contributed by atoms with Gasteiger partial charge in [-0.25, -0.2) is 4.98 Å². The van der Waals surface area contributed by atoms with E-state index in [1.54, 1.807) is 11.4 Å². The Kier molecular flexibility index (Phi) is 6.86. The van der Waals surface area contributed by atoms with Crippen molar-refractivity contribution in [2.75, 3.05) is 5.75 Å². The molecule has 0 radical (unpaired) electrons. The van der Waals surface area contributed by atoms with E-state index < -0.39 is 18.2 Å². The maximum Gasteiger partial charge on any atom is 0.573 e. The highest BCUT2D eigenvalue weighted by Gasteiger charge is 2.31. The third kappa shape index (κ3) is 6.92. The highest BCUT2D eigenvalue weighted by atomic mass is 32.2. The number of carbonyl (C=O) groups is 2. The van der Waals surface area contributed by atoms with Crippen LogP contribution in [0, 0.1) is 0 Å². The zero-order valence-corrected chi connectivity index (χ0v) is 14.7. The third-order valence-electron chi connectivity index (χ3n) is 2.86. The Balaban J connectivity index is 1.84. The minimum Gasteiger partial charge on any atom is -0.481 e. The van der Waals surface area contributed by atoms with Gasteiger partial charge in [0.15, 0.2) is 4.34 Å². The van der Waals surface area contributed by atoms with Gasteiger partial charge in [-0.2, -0.15) is 0 Å². The molecule has 1 aromatic carbocycles. The summed E-state index contributed by atoms with van der Waals surface area (Å²) >= 11 is 2.34. The van der Waals surface area contributed by atoms with Crippen molar-refractivity contribution >= 4 is 35.0 Å². The summed E-state index contributed by atoms with van der Waals surface area (Å²) < 4.78 is 41.5. The number of nitrogens with one attached hydrogen (secondary N) is 1. The first-order valence-electron chi connectivity index (χ1n) is 7.12. The van der Waals surface area contributed by atoms with E-state index in [-0.39, 0.29) is 30.0 Å². The van der Waals surface area contributed by atoms with Gasteiger partial charge in [-0.3, -0.25) is 9.59 Å². The molecule has 0 saturated heterocycles. The molecule has 0 bridgehead atoms. The van der Waals surface area contributed by atoms with Crippen LogP contribution in [0.4, 0.5) is 13.2 Å². The molecule has 26 heavy (non-hydrogen) atoms. The molecule has 6 nitrogen and oxygen atoms in total. The number of para-hydroxylation sites is 1. The molecule has 2 aromatic rings. The number of amides is 1. The smallest absolute Gasteiger partial charge is 0.481 e. The number of carboxylic acid groups (broad SMARTS) is 1. The van der Waals surface area contributed by atoms with Crippen LogP contribution >= 0.6 is 23.1 Å². The monoisotopic (exact) mass is 406 g/mol. The molecular weight excluding hydrogens is 393 g/mol. The number of nitrogens with zero attached hydrogens (tertiary/aromatic N) is 1. The average molecular weight is 406 g/mol. The Hall–Kier alpha value is -2.27. The summed E-state index contributed by atoms with van der Waals surface area (Å²) in [5, 5.41) is 12.8. The molecule has 1 aromatic heterocycles. The molecule has 0 saturated carbocycles. The Morgan fingerprint density at radius 1 is 1.31 bits per heavy atom. The van der Waals surface area contributed by atoms with Gasteiger partial charge in [0.2, 0.25) is 5.91 Å². The lowest BCUT2D eigenvalue weighted by Crippen LogP contribution is -2.25. The van der Waals surface area contributed by atoms with Gasteiger partial charge in [0, 0.05) is 17.5 Å². The number of hydrogen-bond acceptors (Lipinski definition) is 6. The molecular formula is C15H13F3N2O4S2. The number of rotatable bonds is 8. The zero-order valence-electron chi connectivity index (χ0n) is 13.1. The van der Waals surface area contributed by atoms with E-state index >= 15 is 0 Å². The maximum absolute atomic E-state index is 12.4. The van der Waals surface area contributed by atoms with Gasteiger partial charge in [-0.1, -0.05) is 30.0 Å². The molecule has 1 amide bonds. The predicted octanol–water partition coefficient (Wildman–Crippen LogP) is 3.08. The molecule has 0 spiro atoms. The number of carbonyl (C=O) groups excluding carboxylic acids is 1. The third-order valence-corrected chi connectivity index (χ3v) is 4.93. The summed E-state index contributed by atoms with van der Waals surface area (Å²) in [7, 11) is 0. The second-order valence-corrected chi connectivity index (χ2v) is 6.98. The minimum absolute atomic E-state index is 0.00230. The van der Waals surface area contributed by atoms with E-state index in [4.69, 9.17) is 5.11 Å². The second-order valence-electron chi connectivity index (χ2n) is 4.90. The van der Waals surface area contributed by atoms with E-state index in [0.29, 0.717) is 10.0 Å². The fourth-order valence-corrected chi connectivity index (χ4v) is 3.51. The first kappa shape index (κ1) is 20.0. The number of carboxylic acids is 1. The minimum atomic E-state index is -4.81. The largest absolute Gasteiger partial charge is 0.573 e. The van der Waals surface area contributed by atoms with Crippen LogP contribution in [0.2, 0.25) is 0 Å². The van der Waals surface area contributed by atoms with Crippen molar-refractivity contribution in [1.29, 1.82) is 0 Å². The molecule has 140 valence electrons. The number of alkyl halides is 3. The highest BCUT2D eigenvalue weighted by molar-refractivity contribution is 8.01. The van der Waals surface area contributed by atoms with Crippen LogP contribution in [-0.4, -0.2) is 34.1 Å². The Morgan fingerprint density at radius 2 is 2.04 bits per heavy atom. The van der Waals surface area contributed by atoms with Crippen LogP contribution in [0.5, 0.6) is 5.75 Å². The summed E-state index contributed by atoms with van der Waals surface area (Å²) in [5.41, 5.74) is 0.602. The molecule has 2 N–H and O–H groups in total. The van der Waals surface area contributed by atoms with Crippen molar-refractivity contribution in [1.82, 2.24) is 10.3 Å². The van der Waals surface area contributed by atoms with E-state index in [2.05, 4.69) is 15.0 Å². The molecule has 0 aliphatic rings. The van der Waals surface area contributed by atoms with Gasteiger partial charge in [-0.15, -0.1) is 24.5 Å². The van der Waals surface area contributed by atoms with Crippen molar-refractivity contribution < 1.29 is 32.6 Å². The summed E-state index contributed by atoms with van der Waals surface area (Å²) in [4.78, 5) is 26.5. The van der Waals surface area contributed by atoms with Crippen LogP contribution in [0.25, 0.3) is 0 Å². The van der Waals surface area contributed by atoms with Crippen molar-refractivity contribution in [2.45, 2.75) is 23.7 Å². The van der Waals surface area contributed by atoms with Gasteiger partial charge in [0.1, 0.15) is 5.75 Å². The van der Waals surface area contributed by atoms with Gasteiger partial charge in [-0.05, 0) is 6.07 Å². The lowest BCUT2D eigenvalue weighted by molar-refractivity contribution is -0.274. The Labute approximate surface area is 154 Å². The number of aliphatic carboxylic acids is 1. The summed E-state index contributed by atoms with van der Waals surface area (Å²) in [6.07, 6.45) is -5.01. The number of halogens is 3. The van der Waals surface area contributed by atoms with Gasteiger partial charge in [0.05, 0.1) is 17.9 Å². The van der Waals surface area contributed by atoms with Crippen LogP contribution in [-0.2, 0) is 22.6 Å². The van der Waals surface area contributed by atoms with Gasteiger partial charge >= 0.3 is 12.3 Å². The average Bonchev–Trinajstić information content (AvgIpc) is 2.97. The standard InChI is InChI=1S/C15H13F3N2O4S2/c16-15(17,18)24-11-4-2-1-3-9(11)6-19-12(21)8-26-14-20-10(7-25-14)5-13(22)23/h1-4,7H,5-6,8H2,(H,19,21)(H,22,23). The number of thioether (sulfide) groups is 1. The number of benzene rings is 1. The lowest BCUT2D eigenvalue weighted by atomic mass is 10.2. The maximum atomic E-state index is 12.4. The number of ether oxygens (including phenoxy) is 1. The molecule has 11 heteroatoms. The van der Waals surface area contributed by atoms with E-state index in [1.165, 1.54) is 29.5 Å². The molecule has 1 heterocycles. The number of hydrogen-bond donors (Lipinski definition) is 2. The molecule has 2 rings (SSSR count). The molecule has 0 unspecified atom stereocenters. The van der Waals surface area contributed by atoms with Crippen molar-refractivity contribution in [3.63, 3.8) is 0 Å². The van der Waals surface area contributed by atoms with E-state index in [9.17, 15) is 22.8 Å². The zero-order chi connectivity index (χ0) is 19.2. The van der Waals surface area contributed by atoms with Gasteiger partial charge in [0.25, 0.3) is 0 Å². The van der Waals surface area contributed by atoms with E-state index in [0.717, 1.165) is 11.8 Å². The lowest BCUT2D eigenvalue weighted by Gasteiger charge is -2.13. The molecule has 0 aliphatic carbocycles. The summed E-state index contributed by atoms with van der Waals surface area (Å²) in [5.74, 6) is -1.76. The van der Waals surface area contributed by atoms with E-state index in [1.807, 2.05) is 0 Å². The summed E-state index contributed by atoms with van der Waals surface area (Å²) in [6.45, 7) is -0.117. The molecule has 0 atom stereocenters. The van der Waals surface area contributed by atoms with Crippen LogP contribution in [0.3, 0.4) is 0 Å².